The molecule has 3 aromatic carbocycles. The van der Waals surface area contributed by atoms with Crippen LogP contribution in [0.3, 0.4) is 0 Å². The maximum atomic E-state index is 4.66. The lowest BCUT2D eigenvalue weighted by molar-refractivity contribution is 1.13. The van der Waals surface area contributed by atoms with Crippen molar-refractivity contribution < 1.29 is 0 Å². The van der Waals surface area contributed by atoms with Gasteiger partial charge >= 0.3 is 0 Å². The van der Waals surface area contributed by atoms with Gasteiger partial charge in [-0.15, -0.1) is 5.73 Å². The maximum Gasteiger partial charge on any atom is 0.191 e. The fourth-order valence-electron chi connectivity index (χ4n) is 2.67. The van der Waals surface area contributed by atoms with E-state index in [1.165, 1.54) is 0 Å². The third-order valence-corrected chi connectivity index (χ3v) is 3.94. The molecule has 0 saturated heterocycles. The van der Waals surface area contributed by atoms with Gasteiger partial charge < -0.3 is 0 Å². The van der Waals surface area contributed by atoms with Gasteiger partial charge in [0.2, 0.25) is 0 Å². The van der Waals surface area contributed by atoms with E-state index in [0.29, 0.717) is 5.82 Å². The smallest absolute Gasteiger partial charge is 0.191 e. The molecule has 0 N–H and O–H groups in total. The van der Waals surface area contributed by atoms with Gasteiger partial charge in [0.1, 0.15) is 0 Å². The monoisotopic (exact) mass is 332 g/mol. The fraction of sp³-hybridized carbons (Fsp3) is 0. The van der Waals surface area contributed by atoms with Crippen molar-refractivity contribution in [3.63, 3.8) is 0 Å². The van der Waals surface area contributed by atoms with E-state index < -0.39 is 0 Å². The molecule has 0 fully saturated rings. The topological polar surface area (TPSA) is 17.8 Å². The van der Waals surface area contributed by atoms with Crippen LogP contribution in [0.2, 0.25) is 0 Å². The summed E-state index contributed by atoms with van der Waals surface area (Å²) in [6.07, 6.45) is 3.83. The average Bonchev–Trinajstić information content (AvgIpc) is 3.06. The molecule has 1 aromatic heterocycles. The van der Waals surface area contributed by atoms with Crippen LogP contribution in [0.15, 0.2) is 90.7 Å². The van der Waals surface area contributed by atoms with Gasteiger partial charge in [0.25, 0.3) is 0 Å². The van der Waals surface area contributed by atoms with Gasteiger partial charge in [0, 0.05) is 5.56 Å². The first kappa shape index (κ1) is 15.7. The largest absolute Gasteiger partial charge is 0.285 e. The maximum absolute atomic E-state index is 4.66. The molecule has 0 spiro atoms. The van der Waals surface area contributed by atoms with Crippen LogP contribution in [0, 0.1) is 11.8 Å². The molecule has 1 heterocycles. The molecule has 4 aromatic rings. The van der Waals surface area contributed by atoms with E-state index in [0.717, 1.165) is 22.2 Å². The Balaban J connectivity index is 1.78. The Morgan fingerprint density at radius 1 is 0.731 bits per heavy atom. The Morgan fingerprint density at radius 2 is 1.42 bits per heavy atom. The minimum atomic E-state index is 0.698. The Morgan fingerprint density at radius 3 is 2.23 bits per heavy atom. The van der Waals surface area contributed by atoms with E-state index in [2.05, 4.69) is 22.6 Å². The van der Waals surface area contributed by atoms with Gasteiger partial charge in [-0.3, -0.25) is 4.57 Å². The van der Waals surface area contributed by atoms with Crippen molar-refractivity contribution in [2.45, 2.75) is 0 Å². The second-order valence-electron chi connectivity index (χ2n) is 5.76. The standard InChI is InChI=1S/C24H16N2/c1-3-10-20(11-4-1)14-9-19-26-23-16-8-7-15-22(23)25-24(26)18-17-21-12-5-2-6-13-21/h1-8,10-16,19H. The zero-order valence-electron chi connectivity index (χ0n) is 14.1. The predicted molar refractivity (Wildman–Crippen MR) is 107 cm³/mol. The van der Waals surface area contributed by atoms with Crippen molar-refractivity contribution >= 4 is 23.3 Å². The summed E-state index contributed by atoms with van der Waals surface area (Å²) in [5.74, 6) is 7.06. The van der Waals surface area contributed by atoms with Crippen LogP contribution in [0.4, 0.5) is 0 Å². The van der Waals surface area contributed by atoms with E-state index in [1.807, 2.05) is 102 Å². The Bertz CT molecular complexity index is 1150. The van der Waals surface area contributed by atoms with Crippen molar-refractivity contribution in [3.05, 3.63) is 108 Å². The first-order valence-electron chi connectivity index (χ1n) is 8.42. The van der Waals surface area contributed by atoms with Crippen LogP contribution in [-0.2, 0) is 0 Å². The molecule has 0 unspecified atom stereocenters. The Labute approximate surface area is 152 Å². The SMILES string of the molecule is C(=Cc1ccccc1)=Cn1c(C#Cc2ccccc2)nc2ccccc21. The first-order chi connectivity index (χ1) is 12.9. The highest BCUT2D eigenvalue weighted by atomic mass is 15.1. The number of fused-ring (bicyclic) bond motifs is 1. The highest BCUT2D eigenvalue weighted by Gasteiger charge is 2.05. The zero-order chi connectivity index (χ0) is 17.6. The van der Waals surface area contributed by atoms with E-state index >= 15 is 0 Å². The van der Waals surface area contributed by atoms with Crippen LogP contribution in [0.5, 0.6) is 0 Å². The van der Waals surface area contributed by atoms with Gasteiger partial charge in [0.15, 0.2) is 5.82 Å². The molecule has 4 rings (SSSR count). The van der Waals surface area contributed by atoms with E-state index in [1.54, 1.807) is 0 Å². The molecule has 0 radical (unpaired) electrons. The van der Waals surface area contributed by atoms with Crippen LogP contribution < -0.4 is 0 Å². The third-order valence-electron chi connectivity index (χ3n) is 3.94. The predicted octanol–water partition coefficient (Wildman–Crippen LogP) is 5.22. The normalized spacial score (nSPS) is 9.85. The fourth-order valence-corrected chi connectivity index (χ4v) is 2.67. The third kappa shape index (κ3) is 3.49. The number of aromatic nitrogens is 2. The molecule has 0 bridgehead atoms. The van der Waals surface area contributed by atoms with Gasteiger partial charge in [-0.1, -0.05) is 66.6 Å². The summed E-state index contributed by atoms with van der Waals surface area (Å²) in [7, 11) is 0. The summed E-state index contributed by atoms with van der Waals surface area (Å²) in [6.45, 7) is 0. The van der Waals surface area contributed by atoms with Crippen LogP contribution in [-0.4, -0.2) is 9.55 Å². The number of hydrogen-bond acceptors (Lipinski definition) is 1. The summed E-state index contributed by atoms with van der Waals surface area (Å²) in [6, 6.07) is 28.1. The minimum Gasteiger partial charge on any atom is -0.285 e. The van der Waals surface area contributed by atoms with Crippen molar-refractivity contribution in [3.8, 4) is 11.8 Å². The zero-order valence-corrected chi connectivity index (χ0v) is 14.1. The lowest BCUT2D eigenvalue weighted by Crippen LogP contribution is -1.90. The average molecular weight is 332 g/mol. The summed E-state index contributed by atoms with van der Waals surface area (Å²) in [5.41, 5.74) is 7.24. The van der Waals surface area contributed by atoms with Crippen molar-refractivity contribution in [2.75, 3.05) is 0 Å². The number of benzene rings is 3. The second-order valence-corrected chi connectivity index (χ2v) is 5.76. The first-order valence-corrected chi connectivity index (χ1v) is 8.42. The lowest BCUT2D eigenvalue weighted by atomic mass is 10.2. The summed E-state index contributed by atoms with van der Waals surface area (Å²) in [4.78, 5) is 4.66. The summed E-state index contributed by atoms with van der Waals surface area (Å²) >= 11 is 0. The summed E-state index contributed by atoms with van der Waals surface area (Å²) < 4.78 is 1.98. The van der Waals surface area contributed by atoms with Crippen molar-refractivity contribution in [2.24, 2.45) is 0 Å². The van der Waals surface area contributed by atoms with Crippen LogP contribution in [0.25, 0.3) is 23.3 Å². The molecule has 0 aliphatic carbocycles. The molecule has 0 amide bonds. The number of para-hydroxylation sites is 2. The Hall–Kier alpha value is -3.79. The highest BCUT2D eigenvalue weighted by Crippen LogP contribution is 2.16. The number of nitrogens with zero attached hydrogens (tertiary/aromatic N) is 2. The molecule has 2 heteroatoms. The number of imidazole rings is 1. The highest BCUT2D eigenvalue weighted by molar-refractivity contribution is 5.79. The van der Waals surface area contributed by atoms with Crippen LogP contribution in [0.1, 0.15) is 17.0 Å². The molecule has 26 heavy (non-hydrogen) atoms. The van der Waals surface area contributed by atoms with E-state index in [4.69, 9.17) is 0 Å². The molecule has 0 atom stereocenters. The van der Waals surface area contributed by atoms with Gasteiger partial charge in [0.05, 0.1) is 17.2 Å². The van der Waals surface area contributed by atoms with E-state index in [9.17, 15) is 0 Å². The molecule has 0 aliphatic rings. The van der Waals surface area contributed by atoms with Gasteiger partial charge in [-0.25, -0.2) is 4.98 Å². The number of hydrogen-bond donors (Lipinski definition) is 0. The molecular weight excluding hydrogens is 316 g/mol. The number of rotatable bonds is 2. The van der Waals surface area contributed by atoms with E-state index in [-0.39, 0.29) is 0 Å². The molecular formula is C24H16N2. The molecule has 0 saturated carbocycles. The van der Waals surface area contributed by atoms with Gasteiger partial charge in [-0.2, -0.15) is 0 Å². The quantitative estimate of drug-likeness (QED) is 0.363. The molecule has 0 aliphatic heterocycles. The molecule has 122 valence electrons. The van der Waals surface area contributed by atoms with Crippen LogP contribution >= 0.6 is 0 Å². The van der Waals surface area contributed by atoms with Crippen molar-refractivity contribution in [1.29, 1.82) is 0 Å². The van der Waals surface area contributed by atoms with Crippen molar-refractivity contribution in [1.82, 2.24) is 9.55 Å². The lowest BCUT2D eigenvalue weighted by Gasteiger charge is -1.96. The minimum absolute atomic E-state index is 0.698. The van der Waals surface area contributed by atoms with Gasteiger partial charge in [-0.05, 0) is 41.8 Å². The Kier molecular flexibility index (Phi) is 4.48. The summed E-state index contributed by atoms with van der Waals surface area (Å²) in [5, 5.41) is 0. The molecule has 2 nitrogen and oxygen atoms in total. The second kappa shape index (κ2) is 7.40.